The summed E-state index contributed by atoms with van der Waals surface area (Å²) in [7, 11) is 0. The molecule has 38 heavy (non-hydrogen) atoms. The second kappa shape index (κ2) is 10.7. The standard InChI is InChI=1S/C29H35N3O6/c1-28(2,3)15-23(26(36)31-22(24(34)16-33)14-17-12-13-30-25(17)35)32-27(37)29(38)20-10-6-4-8-18(20)19-9-5-7-11-21(19)29/h4-11,17,22-23,33,38H,12-16H2,1-3H3,(H,30,35)(H,31,36)(H,32,37). The van der Waals surface area contributed by atoms with Gasteiger partial charge in [-0.05, 0) is 35.8 Å². The van der Waals surface area contributed by atoms with Crippen molar-refractivity contribution in [3.63, 3.8) is 0 Å². The number of nitrogens with one attached hydrogen (secondary N) is 3. The van der Waals surface area contributed by atoms with Crippen LogP contribution in [0.4, 0.5) is 0 Å². The van der Waals surface area contributed by atoms with E-state index in [2.05, 4.69) is 16.0 Å². The predicted octanol–water partition coefficient (Wildman–Crippen LogP) is 1.40. The summed E-state index contributed by atoms with van der Waals surface area (Å²) in [6.45, 7) is 5.43. The van der Waals surface area contributed by atoms with Crippen LogP contribution in [-0.4, -0.2) is 59.0 Å². The van der Waals surface area contributed by atoms with Gasteiger partial charge in [-0.3, -0.25) is 19.2 Å². The number of aliphatic hydroxyl groups is 2. The Bertz CT molecular complexity index is 1210. The molecule has 3 unspecified atom stereocenters. The smallest absolute Gasteiger partial charge is 0.262 e. The summed E-state index contributed by atoms with van der Waals surface area (Å²) in [6.07, 6.45) is 0.795. The van der Waals surface area contributed by atoms with Crippen molar-refractivity contribution in [1.29, 1.82) is 0 Å². The van der Waals surface area contributed by atoms with Crippen molar-refractivity contribution in [3.8, 4) is 11.1 Å². The molecule has 2 aliphatic rings. The monoisotopic (exact) mass is 521 g/mol. The van der Waals surface area contributed by atoms with Crippen molar-refractivity contribution >= 4 is 23.5 Å². The van der Waals surface area contributed by atoms with Crippen molar-refractivity contribution in [2.75, 3.05) is 13.2 Å². The highest BCUT2D eigenvalue weighted by Crippen LogP contribution is 2.47. The van der Waals surface area contributed by atoms with Gasteiger partial charge in [0.2, 0.25) is 11.8 Å². The summed E-state index contributed by atoms with van der Waals surface area (Å²) in [5.74, 6) is -2.65. The first-order valence-corrected chi connectivity index (χ1v) is 12.9. The molecule has 9 nitrogen and oxygen atoms in total. The summed E-state index contributed by atoms with van der Waals surface area (Å²) in [5.41, 5.74) is -0.0812. The Morgan fingerprint density at radius 2 is 1.58 bits per heavy atom. The summed E-state index contributed by atoms with van der Waals surface area (Å²) in [5, 5.41) is 29.4. The zero-order chi connectivity index (χ0) is 27.7. The molecule has 202 valence electrons. The number of hydrogen-bond donors (Lipinski definition) is 5. The lowest BCUT2D eigenvalue weighted by atomic mass is 9.86. The van der Waals surface area contributed by atoms with Gasteiger partial charge in [-0.2, -0.15) is 0 Å². The molecule has 1 aliphatic carbocycles. The van der Waals surface area contributed by atoms with Gasteiger partial charge in [0.25, 0.3) is 5.91 Å². The van der Waals surface area contributed by atoms with E-state index in [1.807, 2.05) is 45.0 Å². The Labute approximate surface area is 222 Å². The van der Waals surface area contributed by atoms with Gasteiger partial charge in [0, 0.05) is 23.6 Å². The minimum Gasteiger partial charge on any atom is -0.389 e. The zero-order valence-corrected chi connectivity index (χ0v) is 21.9. The summed E-state index contributed by atoms with van der Waals surface area (Å²) in [6, 6.07) is 12.0. The van der Waals surface area contributed by atoms with Crippen molar-refractivity contribution in [2.24, 2.45) is 11.3 Å². The van der Waals surface area contributed by atoms with E-state index >= 15 is 0 Å². The van der Waals surface area contributed by atoms with Gasteiger partial charge in [0.1, 0.15) is 12.6 Å². The molecule has 2 aromatic carbocycles. The molecule has 0 saturated carbocycles. The number of carbonyl (C=O) groups excluding carboxylic acids is 4. The Kier molecular flexibility index (Phi) is 7.71. The van der Waals surface area contributed by atoms with Crippen LogP contribution in [0, 0.1) is 11.3 Å². The molecule has 1 aliphatic heterocycles. The molecule has 3 amide bonds. The Balaban J connectivity index is 1.61. The van der Waals surface area contributed by atoms with Crippen LogP contribution in [0.2, 0.25) is 0 Å². The van der Waals surface area contributed by atoms with Gasteiger partial charge in [-0.15, -0.1) is 0 Å². The van der Waals surface area contributed by atoms with Crippen LogP contribution in [0.25, 0.3) is 11.1 Å². The Morgan fingerprint density at radius 1 is 1.00 bits per heavy atom. The van der Waals surface area contributed by atoms with Crippen molar-refractivity contribution in [2.45, 2.75) is 57.7 Å². The fraction of sp³-hybridized carbons (Fsp3) is 0.448. The van der Waals surface area contributed by atoms with Crippen LogP contribution in [-0.2, 0) is 24.8 Å². The van der Waals surface area contributed by atoms with Gasteiger partial charge in [-0.25, -0.2) is 0 Å². The van der Waals surface area contributed by atoms with Crippen LogP contribution < -0.4 is 16.0 Å². The number of fused-ring (bicyclic) bond motifs is 3. The van der Waals surface area contributed by atoms with Crippen LogP contribution in [0.5, 0.6) is 0 Å². The van der Waals surface area contributed by atoms with Gasteiger partial charge < -0.3 is 26.2 Å². The molecule has 1 saturated heterocycles. The van der Waals surface area contributed by atoms with Crippen LogP contribution in [0.1, 0.15) is 51.2 Å². The number of benzene rings is 2. The molecule has 0 aromatic heterocycles. The molecule has 3 atom stereocenters. The molecule has 9 heteroatoms. The Hall–Kier alpha value is -3.56. The molecule has 1 heterocycles. The van der Waals surface area contributed by atoms with E-state index in [4.69, 9.17) is 0 Å². The van der Waals surface area contributed by atoms with E-state index in [1.54, 1.807) is 24.3 Å². The van der Waals surface area contributed by atoms with Gasteiger partial charge >= 0.3 is 0 Å². The number of hydrogen-bond acceptors (Lipinski definition) is 6. The van der Waals surface area contributed by atoms with Crippen molar-refractivity contribution in [1.82, 2.24) is 16.0 Å². The second-order valence-corrected chi connectivity index (χ2v) is 11.3. The summed E-state index contributed by atoms with van der Waals surface area (Å²) < 4.78 is 0. The van der Waals surface area contributed by atoms with Crippen LogP contribution in [0.15, 0.2) is 48.5 Å². The maximum Gasteiger partial charge on any atom is 0.262 e. The average Bonchev–Trinajstić information content (AvgIpc) is 3.41. The molecule has 0 bridgehead atoms. The first-order chi connectivity index (χ1) is 18.0. The number of aliphatic hydroxyl groups excluding tert-OH is 1. The highest BCUT2D eigenvalue weighted by molar-refractivity contribution is 6.01. The van der Waals surface area contributed by atoms with Gasteiger partial charge in [-0.1, -0.05) is 69.3 Å². The molecule has 1 fully saturated rings. The molecule has 0 radical (unpaired) electrons. The fourth-order valence-electron chi connectivity index (χ4n) is 5.35. The van der Waals surface area contributed by atoms with Gasteiger partial charge in [0.05, 0.1) is 6.04 Å². The molecule has 5 N–H and O–H groups in total. The molecule has 2 aromatic rings. The highest BCUT2D eigenvalue weighted by Gasteiger charge is 2.49. The number of rotatable bonds is 9. The normalized spacial score (nSPS) is 19.1. The average molecular weight is 522 g/mol. The quantitative estimate of drug-likeness (QED) is 0.337. The summed E-state index contributed by atoms with van der Waals surface area (Å²) >= 11 is 0. The largest absolute Gasteiger partial charge is 0.389 e. The minimum atomic E-state index is -2.01. The highest BCUT2D eigenvalue weighted by atomic mass is 16.3. The number of amides is 3. The lowest BCUT2D eigenvalue weighted by Crippen LogP contribution is -2.56. The van der Waals surface area contributed by atoms with Gasteiger partial charge in [0.15, 0.2) is 11.4 Å². The predicted molar refractivity (Wildman–Crippen MR) is 141 cm³/mol. The first-order valence-electron chi connectivity index (χ1n) is 12.9. The van der Waals surface area contributed by atoms with E-state index < -0.39 is 53.2 Å². The van der Waals surface area contributed by atoms with Crippen LogP contribution >= 0.6 is 0 Å². The molecular weight excluding hydrogens is 486 g/mol. The first kappa shape index (κ1) is 27.5. The van der Waals surface area contributed by atoms with E-state index in [-0.39, 0.29) is 18.7 Å². The fourth-order valence-corrected chi connectivity index (χ4v) is 5.35. The topological polar surface area (TPSA) is 145 Å². The third kappa shape index (κ3) is 5.35. The number of ketones is 1. The number of Topliss-reactive ketones (excluding diaryl/α,β-unsaturated/α-hetero) is 1. The zero-order valence-electron chi connectivity index (χ0n) is 21.9. The van der Waals surface area contributed by atoms with E-state index in [1.165, 1.54) is 0 Å². The maximum absolute atomic E-state index is 13.8. The molecular formula is C29H35N3O6. The lowest BCUT2D eigenvalue weighted by molar-refractivity contribution is -0.140. The van der Waals surface area contributed by atoms with E-state index in [0.29, 0.717) is 24.1 Å². The third-order valence-corrected chi connectivity index (χ3v) is 7.23. The Morgan fingerprint density at radius 3 is 2.08 bits per heavy atom. The van der Waals surface area contributed by atoms with E-state index in [0.717, 1.165) is 11.1 Å². The molecule has 0 spiro atoms. The lowest BCUT2D eigenvalue weighted by Gasteiger charge is -2.31. The van der Waals surface area contributed by atoms with Crippen LogP contribution in [0.3, 0.4) is 0 Å². The summed E-state index contributed by atoms with van der Waals surface area (Å²) in [4.78, 5) is 51.9. The third-order valence-electron chi connectivity index (χ3n) is 7.23. The molecule has 4 rings (SSSR count). The second-order valence-electron chi connectivity index (χ2n) is 11.3. The van der Waals surface area contributed by atoms with E-state index in [9.17, 15) is 29.4 Å². The minimum absolute atomic E-state index is 0.0534. The number of carbonyl (C=O) groups is 4. The van der Waals surface area contributed by atoms with Crippen molar-refractivity contribution < 1.29 is 29.4 Å². The SMILES string of the molecule is CC(C)(C)CC(NC(=O)C1(O)c2ccccc2-c2ccccc21)C(=O)NC(CC1CCNC1=O)C(=O)CO. The van der Waals surface area contributed by atoms with Crippen molar-refractivity contribution in [3.05, 3.63) is 59.7 Å². The maximum atomic E-state index is 13.8.